The van der Waals surface area contributed by atoms with Gasteiger partial charge in [-0.2, -0.15) is 0 Å². The minimum atomic E-state index is 1.01. The molecule has 0 nitrogen and oxygen atoms in total. The maximum absolute atomic E-state index is 3.93. The molecular formula is C10H19. The second-order valence-electron chi connectivity index (χ2n) is 3.54. The van der Waals surface area contributed by atoms with Crippen LogP contribution in [0.2, 0.25) is 0 Å². The Morgan fingerprint density at radius 1 is 1.30 bits per heavy atom. The average Bonchev–Trinajstić information content (AvgIpc) is 2.68. The fourth-order valence-corrected chi connectivity index (χ4v) is 1.67. The normalized spacial score (nSPS) is 30.6. The molecule has 1 rings (SSSR count). The van der Waals surface area contributed by atoms with Gasteiger partial charge in [0.2, 0.25) is 0 Å². The molecule has 0 bridgehead atoms. The van der Waals surface area contributed by atoms with E-state index in [0.717, 1.165) is 11.8 Å². The topological polar surface area (TPSA) is 0 Å². The Balaban J connectivity index is 1.87. The Morgan fingerprint density at radius 3 is 2.60 bits per heavy atom. The van der Waals surface area contributed by atoms with Crippen molar-refractivity contribution < 1.29 is 0 Å². The molecule has 0 saturated heterocycles. The zero-order valence-electron chi connectivity index (χ0n) is 7.10. The molecule has 0 aromatic carbocycles. The van der Waals surface area contributed by atoms with Crippen molar-refractivity contribution in [3.8, 4) is 0 Å². The van der Waals surface area contributed by atoms with Crippen LogP contribution in [0.3, 0.4) is 0 Å². The highest BCUT2D eigenvalue weighted by Gasteiger charge is 2.33. The molecule has 1 fully saturated rings. The SMILES string of the molecule is [CH2]CC1CC1CCCCC. The van der Waals surface area contributed by atoms with E-state index in [2.05, 4.69) is 13.8 Å². The largest absolute Gasteiger partial charge is 0.0654 e. The lowest BCUT2D eigenvalue weighted by Gasteiger charge is -1.95. The van der Waals surface area contributed by atoms with Crippen molar-refractivity contribution in [2.24, 2.45) is 11.8 Å². The summed E-state index contributed by atoms with van der Waals surface area (Å²) >= 11 is 0. The molecule has 0 aromatic heterocycles. The van der Waals surface area contributed by atoms with E-state index >= 15 is 0 Å². The highest BCUT2D eigenvalue weighted by molar-refractivity contribution is 4.86. The van der Waals surface area contributed by atoms with Crippen LogP contribution in [0, 0.1) is 18.8 Å². The van der Waals surface area contributed by atoms with Crippen molar-refractivity contribution >= 4 is 0 Å². The van der Waals surface area contributed by atoms with Gasteiger partial charge in [-0.05, 0) is 18.3 Å². The van der Waals surface area contributed by atoms with Crippen LogP contribution < -0.4 is 0 Å². The Hall–Kier alpha value is 0. The van der Waals surface area contributed by atoms with E-state index in [0.29, 0.717) is 0 Å². The summed E-state index contributed by atoms with van der Waals surface area (Å²) in [4.78, 5) is 0. The maximum Gasteiger partial charge on any atom is -0.0383 e. The lowest BCUT2D eigenvalue weighted by molar-refractivity contribution is 0.583. The second-order valence-corrected chi connectivity index (χ2v) is 3.54. The molecular weight excluding hydrogens is 120 g/mol. The number of hydrogen-bond acceptors (Lipinski definition) is 0. The van der Waals surface area contributed by atoms with Gasteiger partial charge in [0, 0.05) is 0 Å². The summed E-state index contributed by atoms with van der Waals surface area (Å²) in [6.45, 7) is 6.20. The highest BCUT2D eigenvalue weighted by Crippen LogP contribution is 2.44. The Kier molecular flexibility index (Phi) is 3.24. The summed E-state index contributed by atoms with van der Waals surface area (Å²) in [5.74, 6) is 2.08. The highest BCUT2D eigenvalue weighted by atomic mass is 14.4. The Bertz CT molecular complexity index is 86.0. The monoisotopic (exact) mass is 139 g/mol. The molecule has 10 heavy (non-hydrogen) atoms. The van der Waals surface area contributed by atoms with E-state index in [9.17, 15) is 0 Å². The summed E-state index contributed by atoms with van der Waals surface area (Å²) in [5, 5.41) is 0. The first-order chi connectivity index (χ1) is 4.88. The smallest absolute Gasteiger partial charge is 0.0383 e. The van der Waals surface area contributed by atoms with Crippen LogP contribution in [-0.4, -0.2) is 0 Å². The minimum absolute atomic E-state index is 1.01. The van der Waals surface area contributed by atoms with Crippen LogP contribution >= 0.6 is 0 Å². The average molecular weight is 139 g/mol. The molecule has 2 unspecified atom stereocenters. The molecule has 1 aliphatic carbocycles. The third kappa shape index (κ3) is 2.32. The molecule has 0 aliphatic heterocycles. The molecule has 0 aromatic rings. The van der Waals surface area contributed by atoms with Crippen LogP contribution in [0.5, 0.6) is 0 Å². The van der Waals surface area contributed by atoms with E-state index in [-0.39, 0.29) is 0 Å². The summed E-state index contributed by atoms with van der Waals surface area (Å²) in [6.07, 6.45) is 8.39. The Morgan fingerprint density at radius 2 is 2.10 bits per heavy atom. The molecule has 0 heteroatoms. The van der Waals surface area contributed by atoms with E-state index in [4.69, 9.17) is 0 Å². The van der Waals surface area contributed by atoms with E-state index < -0.39 is 0 Å². The zero-order valence-corrected chi connectivity index (χ0v) is 7.10. The van der Waals surface area contributed by atoms with E-state index in [1.54, 1.807) is 0 Å². The molecule has 0 N–H and O–H groups in total. The molecule has 0 spiro atoms. The van der Waals surface area contributed by atoms with Crippen molar-refractivity contribution in [1.29, 1.82) is 0 Å². The van der Waals surface area contributed by atoms with Crippen molar-refractivity contribution in [2.45, 2.75) is 45.4 Å². The Labute approximate surface area is 65.0 Å². The van der Waals surface area contributed by atoms with Gasteiger partial charge in [-0.15, -0.1) is 0 Å². The summed E-state index contributed by atoms with van der Waals surface area (Å²) in [6, 6.07) is 0. The number of unbranched alkanes of at least 4 members (excludes halogenated alkanes) is 2. The molecule has 0 amide bonds. The lowest BCUT2D eigenvalue weighted by Crippen LogP contribution is -1.81. The maximum atomic E-state index is 3.93. The number of hydrogen-bond donors (Lipinski definition) is 0. The van der Waals surface area contributed by atoms with Gasteiger partial charge in [0.05, 0.1) is 0 Å². The first kappa shape index (κ1) is 8.10. The lowest BCUT2D eigenvalue weighted by atomic mass is 10.1. The molecule has 1 radical (unpaired) electrons. The zero-order chi connectivity index (χ0) is 7.40. The number of rotatable bonds is 5. The summed E-state index contributed by atoms with van der Waals surface area (Å²) in [5.41, 5.74) is 0. The molecule has 59 valence electrons. The van der Waals surface area contributed by atoms with Gasteiger partial charge in [-0.1, -0.05) is 46.0 Å². The van der Waals surface area contributed by atoms with Crippen molar-refractivity contribution in [1.82, 2.24) is 0 Å². The quantitative estimate of drug-likeness (QED) is 0.512. The first-order valence-electron chi connectivity index (χ1n) is 4.67. The summed E-state index contributed by atoms with van der Waals surface area (Å²) < 4.78 is 0. The van der Waals surface area contributed by atoms with Gasteiger partial charge in [0.15, 0.2) is 0 Å². The molecule has 0 heterocycles. The minimum Gasteiger partial charge on any atom is -0.0654 e. The second kappa shape index (κ2) is 4.00. The van der Waals surface area contributed by atoms with Crippen LogP contribution in [-0.2, 0) is 0 Å². The van der Waals surface area contributed by atoms with E-state index in [1.165, 1.54) is 38.5 Å². The van der Waals surface area contributed by atoms with E-state index in [1.807, 2.05) is 0 Å². The molecule has 2 atom stereocenters. The van der Waals surface area contributed by atoms with Crippen molar-refractivity contribution in [2.75, 3.05) is 0 Å². The predicted molar refractivity (Wildman–Crippen MR) is 45.7 cm³/mol. The van der Waals surface area contributed by atoms with Crippen LogP contribution in [0.25, 0.3) is 0 Å². The molecule has 1 saturated carbocycles. The van der Waals surface area contributed by atoms with Gasteiger partial charge in [0.1, 0.15) is 0 Å². The predicted octanol–water partition coefficient (Wildman–Crippen LogP) is 3.43. The van der Waals surface area contributed by atoms with Gasteiger partial charge < -0.3 is 0 Å². The van der Waals surface area contributed by atoms with Gasteiger partial charge in [-0.3, -0.25) is 0 Å². The fourth-order valence-electron chi connectivity index (χ4n) is 1.67. The van der Waals surface area contributed by atoms with Crippen LogP contribution in [0.4, 0.5) is 0 Å². The summed E-state index contributed by atoms with van der Waals surface area (Å²) in [7, 11) is 0. The first-order valence-corrected chi connectivity index (χ1v) is 4.67. The third-order valence-electron chi connectivity index (χ3n) is 2.62. The van der Waals surface area contributed by atoms with Crippen molar-refractivity contribution in [3.05, 3.63) is 6.92 Å². The van der Waals surface area contributed by atoms with Gasteiger partial charge in [0.25, 0.3) is 0 Å². The van der Waals surface area contributed by atoms with Crippen molar-refractivity contribution in [3.63, 3.8) is 0 Å². The third-order valence-corrected chi connectivity index (χ3v) is 2.62. The fraction of sp³-hybridized carbons (Fsp3) is 0.900. The van der Waals surface area contributed by atoms with Gasteiger partial charge in [-0.25, -0.2) is 0 Å². The molecule has 1 aliphatic rings. The van der Waals surface area contributed by atoms with Crippen LogP contribution in [0.15, 0.2) is 0 Å². The standard InChI is InChI=1S/C10H19/c1-3-5-6-7-10-8-9(10)4-2/h9-10H,2-8H2,1H3. The van der Waals surface area contributed by atoms with Gasteiger partial charge >= 0.3 is 0 Å². The van der Waals surface area contributed by atoms with Crippen LogP contribution in [0.1, 0.15) is 45.4 Å².